The number of rotatable bonds is 3. The van der Waals surface area contributed by atoms with Gasteiger partial charge in [0.25, 0.3) is 0 Å². The Bertz CT molecular complexity index is 569. The fraction of sp³-hybridized carbons (Fsp3) is 0.231. The Morgan fingerprint density at radius 2 is 2.00 bits per heavy atom. The monoisotopic (exact) mass is 265 g/mol. The zero-order chi connectivity index (χ0) is 12.4. The molecule has 1 aromatic heterocycles. The molecular formula is C13H16ClN3O. The van der Waals surface area contributed by atoms with Crippen LogP contribution >= 0.6 is 12.4 Å². The summed E-state index contributed by atoms with van der Waals surface area (Å²) >= 11 is 0. The number of hydrogen-bond donors (Lipinski definition) is 2. The Balaban J connectivity index is 0.00000162. The fourth-order valence-electron chi connectivity index (χ4n) is 1.60. The largest absolute Gasteiger partial charge is 0.491 e. The van der Waals surface area contributed by atoms with Crippen molar-refractivity contribution in [2.45, 2.75) is 20.0 Å². The van der Waals surface area contributed by atoms with Gasteiger partial charge in [0.1, 0.15) is 17.3 Å². The van der Waals surface area contributed by atoms with E-state index in [0.29, 0.717) is 5.69 Å². The standard InChI is InChI=1S/C13H15N3O.ClH/c1-8(2)17-10-4-6-11-9(7-10)3-5-12(16-11)13(14)15;/h3-8H,1-2H3,(H3,14,15);1H. The molecule has 18 heavy (non-hydrogen) atoms. The fourth-order valence-corrected chi connectivity index (χ4v) is 1.60. The second-order valence-corrected chi connectivity index (χ2v) is 4.13. The lowest BCUT2D eigenvalue weighted by atomic mass is 10.2. The Kier molecular flexibility index (Phi) is 4.50. The van der Waals surface area contributed by atoms with Crippen LogP contribution in [0.5, 0.6) is 5.75 Å². The molecule has 0 radical (unpaired) electrons. The van der Waals surface area contributed by atoms with Gasteiger partial charge >= 0.3 is 0 Å². The average molecular weight is 266 g/mol. The van der Waals surface area contributed by atoms with E-state index in [1.54, 1.807) is 6.07 Å². The molecule has 5 heteroatoms. The molecule has 0 atom stereocenters. The van der Waals surface area contributed by atoms with Crippen LogP contribution in [-0.4, -0.2) is 16.9 Å². The highest BCUT2D eigenvalue weighted by Crippen LogP contribution is 2.20. The number of hydrogen-bond acceptors (Lipinski definition) is 3. The Morgan fingerprint density at radius 3 is 2.61 bits per heavy atom. The van der Waals surface area contributed by atoms with Crippen LogP contribution in [0.25, 0.3) is 10.9 Å². The molecule has 3 N–H and O–H groups in total. The summed E-state index contributed by atoms with van der Waals surface area (Å²) in [6, 6.07) is 9.32. The van der Waals surface area contributed by atoms with E-state index < -0.39 is 0 Å². The topological polar surface area (TPSA) is 72.0 Å². The second kappa shape index (κ2) is 5.69. The van der Waals surface area contributed by atoms with Crippen LogP contribution in [0.1, 0.15) is 19.5 Å². The quantitative estimate of drug-likeness (QED) is 0.662. The van der Waals surface area contributed by atoms with Gasteiger partial charge in [-0.15, -0.1) is 12.4 Å². The first-order valence-electron chi connectivity index (χ1n) is 5.48. The predicted octanol–water partition coefficient (Wildman–Crippen LogP) is 2.73. The normalized spacial score (nSPS) is 10.2. The molecule has 0 fully saturated rings. The van der Waals surface area contributed by atoms with Crippen LogP contribution < -0.4 is 10.5 Å². The van der Waals surface area contributed by atoms with E-state index in [1.165, 1.54) is 0 Å². The third-order valence-corrected chi connectivity index (χ3v) is 2.31. The molecule has 96 valence electrons. The molecule has 0 saturated heterocycles. The van der Waals surface area contributed by atoms with Crippen molar-refractivity contribution >= 4 is 29.1 Å². The van der Waals surface area contributed by atoms with E-state index in [1.807, 2.05) is 38.1 Å². The number of nitrogen functional groups attached to an aromatic ring is 1. The second-order valence-electron chi connectivity index (χ2n) is 4.13. The number of halogens is 1. The van der Waals surface area contributed by atoms with E-state index >= 15 is 0 Å². The lowest BCUT2D eigenvalue weighted by Crippen LogP contribution is -2.12. The van der Waals surface area contributed by atoms with Crippen molar-refractivity contribution in [3.8, 4) is 5.75 Å². The van der Waals surface area contributed by atoms with Gasteiger partial charge in [-0.25, -0.2) is 4.98 Å². The van der Waals surface area contributed by atoms with Crippen molar-refractivity contribution < 1.29 is 4.74 Å². The number of fused-ring (bicyclic) bond motifs is 1. The van der Waals surface area contributed by atoms with E-state index in [9.17, 15) is 0 Å². The van der Waals surface area contributed by atoms with Gasteiger partial charge in [0.2, 0.25) is 0 Å². The summed E-state index contributed by atoms with van der Waals surface area (Å²) in [5.41, 5.74) is 6.71. The number of benzene rings is 1. The molecule has 2 rings (SSSR count). The van der Waals surface area contributed by atoms with E-state index in [2.05, 4.69) is 4.98 Å². The lowest BCUT2D eigenvalue weighted by Gasteiger charge is -2.10. The summed E-state index contributed by atoms with van der Waals surface area (Å²) < 4.78 is 5.61. The van der Waals surface area contributed by atoms with Gasteiger partial charge in [-0.05, 0) is 38.1 Å². The molecule has 1 aromatic carbocycles. The summed E-state index contributed by atoms with van der Waals surface area (Å²) in [4.78, 5) is 4.29. The number of nitrogens with one attached hydrogen (secondary N) is 1. The van der Waals surface area contributed by atoms with Crippen molar-refractivity contribution in [3.63, 3.8) is 0 Å². The molecular weight excluding hydrogens is 250 g/mol. The van der Waals surface area contributed by atoms with Gasteiger partial charge in [-0.2, -0.15) is 0 Å². The molecule has 2 aromatic rings. The minimum atomic E-state index is -0.0191. The van der Waals surface area contributed by atoms with Crippen molar-refractivity contribution in [1.82, 2.24) is 4.98 Å². The van der Waals surface area contributed by atoms with E-state index in [-0.39, 0.29) is 24.3 Å². The number of nitrogens with two attached hydrogens (primary N) is 1. The number of amidine groups is 1. The molecule has 0 aliphatic heterocycles. The number of aromatic nitrogens is 1. The van der Waals surface area contributed by atoms with Crippen LogP contribution in [0.2, 0.25) is 0 Å². The van der Waals surface area contributed by atoms with Crippen LogP contribution in [-0.2, 0) is 0 Å². The maximum absolute atomic E-state index is 7.34. The highest BCUT2D eigenvalue weighted by Gasteiger charge is 2.03. The summed E-state index contributed by atoms with van der Waals surface area (Å²) in [6.07, 6.45) is 0.150. The first-order valence-corrected chi connectivity index (χ1v) is 5.48. The van der Waals surface area contributed by atoms with Crippen molar-refractivity contribution in [2.75, 3.05) is 0 Å². The lowest BCUT2D eigenvalue weighted by molar-refractivity contribution is 0.243. The van der Waals surface area contributed by atoms with Crippen LogP contribution in [0.4, 0.5) is 0 Å². The van der Waals surface area contributed by atoms with Crippen molar-refractivity contribution in [1.29, 1.82) is 5.41 Å². The highest BCUT2D eigenvalue weighted by atomic mass is 35.5. The zero-order valence-electron chi connectivity index (χ0n) is 10.3. The summed E-state index contributed by atoms with van der Waals surface area (Å²) in [5.74, 6) is 0.805. The summed E-state index contributed by atoms with van der Waals surface area (Å²) in [6.45, 7) is 3.97. The van der Waals surface area contributed by atoms with Gasteiger partial charge in [-0.3, -0.25) is 5.41 Å². The Labute approximate surface area is 112 Å². The van der Waals surface area contributed by atoms with Gasteiger partial charge in [0.15, 0.2) is 0 Å². The average Bonchev–Trinajstić information content (AvgIpc) is 2.27. The third kappa shape index (κ3) is 3.11. The summed E-state index contributed by atoms with van der Waals surface area (Å²) in [7, 11) is 0. The minimum absolute atomic E-state index is 0. The molecule has 0 saturated carbocycles. The molecule has 0 aliphatic rings. The molecule has 0 aliphatic carbocycles. The molecule has 0 bridgehead atoms. The molecule has 0 unspecified atom stereocenters. The van der Waals surface area contributed by atoms with Crippen molar-refractivity contribution in [2.24, 2.45) is 5.73 Å². The van der Waals surface area contributed by atoms with Crippen LogP contribution in [0.3, 0.4) is 0 Å². The first-order chi connectivity index (χ1) is 8.06. The number of nitrogens with zero attached hydrogens (tertiary/aromatic N) is 1. The van der Waals surface area contributed by atoms with Gasteiger partial charge < -0.3 is 10.5 Å². The maximum Gasteiger partial charge on any atom is 0.141 e. The maximum atomic E-state index is 7.34. The minimum Gasteiger partial charge on any atom is -0.491 e. The Morgan fingerprint density at radius 1 is 1.28 bits per heavy atom. The number of pyridine rings is 1. The summed E-state index contributed by atoms with van der Waals surface area (Å²) in [5, 5.41) is 8.32. The smallest absolute Gasteiger partial charge is 0.141 e. The number of ether oxygens (including phenoxy) is 1. The van der Waals surface area contributed by atoms with Gasteiger partial charge in [-0.1, -0.05) is 6.07 Å². The van der Waals surface area contributed by atoms with Gasteiger partial charge in [0.05, 0.1) is 11.6 Å². The molecule has 0 amide bonds. The molecule has 1 heterocycles. The van der Waals surface area contributed by atoms with E-state index in [4.69, 9.17) is 15.9 Å². The predicted molar refractivity (Wildman–Crippen MR) is 75.8 cm³/mol. The molecule has 0 spiro atoms. The Hall–Kier alpha value is -1.81. The highest BCUT2D eigenvalue weighted by molar-refractivity contribution is 5.95. The SMILES string of the molecule is CC(C)Oc1ccc2nc(C(=N)N)ccc2c1.Cl. The first kappa shape index (κ1) is 14.3. The van der Waals surface area contributed by atoms with Crippen LogP contribution in [0.15, 0.2) is 30.3 Å². The van der Waals surface area contributed by atoms with Gasteiger partial charge in [0, 0.05) is 5.39 Å². The van der Waals surface area contributed by atoms with Crippen LogP contribution in [0, 0.1) is 5.41 Å². The van der Waals surface area contributed by atoms with E-state index in [0.717, 1.165) is 16.7 Å². The zero-order valence-corrected chi connectivity index (χ0v) is 11.1. The molecule has 4 nitrogen and oxygen atoms in total. The van der Waals surface area contributed by atoms with Crippen molar-refractivity contribution in [3.05, 3.63) is 36.0 Å². The third-order valence-electron chi connectivity index (χ3n) is 2.31.